The molecule has 21 heavy (non-hydrogen) atoms. The van der Waals surface area contributed by atoms with E-state index in [1.807, 2.05) is 13.8 Å². The molecule has 0 saturated heterocycles. The Kier molecular flexibility index (Phi) is 4.13. The van der Waals surface area contributed by atoms with Crippen LogP contribution in [0.5, 0.6) is 0 Å². The van der Waals surface area contributed by atoms with Gasteiger partial charge in [-0.2, -0.15) is 0 Å². The van der Waals surface area contributed by atoms with Crippen molar-refractivity contribution < 1.29 is 14.8 Å². The number of aliphatic hydroxyl groups excluding tert-OH is 1. The van der Waals surface area contributed by atoms with Gasteiger partial charge in [0.1, 0.15) is 0 Å². The van der Waals surface area contributed by atoms with E-state index in [4.69, 9.17) is 0 Å². The average molecular weight is 293 g/mol. The first kappa shape index (κ1) is 15.2. The van der Waals surface area contributed by atoms with Crippen molar-refractivity contribution in [3.8, 4) is 0 Å². The normalized spacial score (nSPS) is 21.1. The lowest BCUT2D eigenvalue weighted by atomic mass is 9.78. The van der Waals surface area contributed by atoms with Crippen LogP contribution in [-0.4, -0.2) is 29.1 Å². The third kappa shape index (κ3) is 2.97. The van der Waals surface area contributed by atoms with Crippen LogP contribution in [0.15, 0.2) is 18.2 Å². The second kappa shape index (κ2) is 5.69. The standard InChI is InChI=1S/C14H19N3O4/c1-14(2,7-18)13-6-12(15-8-19)10-5-9(17(20)21)3-4-11(10)16-13/h3-5,8,12-13,16,18H,6-7H2,1-2H3,(H,15,19)/t12-,13-/m0/s1. The van der Waals surface area contributed by atoms with Crippen LogP contribution in [0.2, 0.25) is 0 Å². The van der Waals surface area contributed by atoms with E-state index in [-0.39, 0.29) is 29.8 Å². The van der Waals surface area contributed by atoms with Crippen molar-refractivity contribution in [1.82, 2.24) is 5.32 Å². The summed E-state index contributed by atoms with van der Waals surface area (Å²) in [7, 11) is 0. The van der Waals surface area contributed by atoms with Crippen molar-refractivity contribution in [1.29, 1.82) is 0 Å². The molecule has 2 rings (SSSR count). The number of fused-ring (bicyclic) bond motifs is 1. The summed E-state index contributed by atoms with van der Waals surface area (Å²) in [6.45, 7) is 3.86. The Balaban J connectivity index is 2.40. The number of non-ortho nitro benzene ring substituents is 1. The zero-order valence-electron chi connectivity index (χ0n) is 12.0. The van der Waals surface area contributed by atoms with Crippen molar-refractivity contribution in [2.45, 2.75) is 32.4 Å². The molecule has 114 valence electrons. The van der Waals surface area contributed by atoms with Gasteiger partial charge in [-0.25, -0.2) is 0 Å². The number of hydrogen-bond acceptors (Lipinski definition) is 5. The number of nitro benzene ring substituents is 1. The monoisotopic (exact) mass is 293 g/mol. The average Bonchev–Trinajstić information content (AvgIpc) is 2.46. The first-order valence-electron chi connectivity index (χ1n) is 6.74. The number of carbonyl (C=O) groups excluding carboxylic acids is 1. The molecule has 3 N–H and O–H groups in total. The van der Waals surface area contributed by atoms with Crippen molar-refractivity contribution in [2.75, 3.05) is 11.9 Å². The molecule has 7 nitrogen and oxygen atoms in total. The van der Waals surface area contributed by atoms with Crippen LogP contribution in [0.4, 0.5) is 11.4 Å². The Morgan fingerprint density at radius 2 is 2.29 bits per heavy atom. The number of amides is 1. The van der Waals surface area contributed by atoms with E-state index in [9.17, 15) is 20.0 Å². The fraction of sp³-hybridized carbons (Fsp3) is 0.500. The van der Waals surface area contributed by atoms with Gasteiger partial charge in [-0.3, -0.25) is 14.9 Å². The minimum atomic E-state index is -0.456. The van der Waals surface area contributed by atoms with Crippen molar-refractivity contribution in [3.05, 3.63) is 33.9 Å². The van der Waals surface area contributed by atoms with Crippen molar-refractivity contribution >= 4 is 17.8 Å². The number of nitrogens with zero attached hydrogens (tertiary/aromatic N) is 1. The highest BCUT2D eigenvalue weighted by atomic mass is 16.6. The van der Waals surface area contributed by atoms with Crippen molar-refractivity contribution in [3.63, 3.8) is 0 Å². The zero-order chi connectivity index (χ0) is 15.6. The number of nitrogens with one attached hydrogen (secondary N) is 2. The smallest absolute Gasteiger partial charge is 0.269 e. The molecule has 1 aromatic rings. The highest BCUT2D eigenvalue weighted by Gasteiger charge is 2.36. The van der Waals surface area contributed by atoms with E-state index < -0.39 is 4.92 Å². The van der Waals surface area contributed by atoms with Crippen LogP contribution in [0, 0.1) is 15.5 Å². The molecule has 1 aliphatic heterocycles. The number of rotatable bonds is 5. The molecule has 1 aromatic carbocycles. The molecule has 0 radical (unpaired) electrons. The van der Waals surface area contributed by atoms with E-state index in [1.165, 1.54) is 12.1 Å². The molecule has 0 fully saturated rings. The molecule has 0 saturated carbocycles. The highest BCUT2D eigenvalue weighted by molar-refractivity contribution is 5.62. The predicted octanol–water partition coefficient (Wildman–Crippen LogP) is 1.58. The lowest BCUT2D eigenvalue weighted by Crippen LogP contribution is -2.44. The SMILES string of the molecule is CC(C)(CO)[C@@H]1C[C@H](NC=O)c2cc([N+](=O)[O-])ccc2N1. The molecule has 1 aliphatic rings. The largest absolute Gasteiger partial charge is 0.396 e. The third-order valence-electron chi connectivity index (χ3n) is 4.04. The summed E-state index contributed by atoms with van der Waals surface area (Å²) in [6.07, 6.45) is 1.15. The number of benzene rings is 1. The van der Waals surface area contributed by atoms with E-state index >= 15 is 0 Å². The summed E-state index contributed by atoms with van der Waals surface area (Å²) in [5, 5.41) is 26.4. The second-order valence-electron chi connectivity index (χ2n) is 5.95. The maximum Gasteiger partial charge on any atom is 0.269 e. The number of anilines is 1. The lowest BCUT2D eigenvalue weighted by molar-refractivity contribution is -0.384. The van der Waals surface area contributed by atoms with Gasteiger partial charge in [0.05, 0.1) is 17.6 Å². The second-order valence-corrected chi connectivity index (χ2v) is 5.95. The van der Waals surface area contributed by atoms with Crippen molar-refractivity contribution in [2.24, 2.45) is 5.41 Å². The molecule has 0 aliphatic carbocycles. The number of hydrogen-bond donors (Lipinski definition) is 3. The van der Waals surface area contributed by atoms with Crippen LogP contribution in [0.25, 0.3) is 0 Å². The van der Waals surface area contributed by atoms with E-state index in [1.54, 1.807) is 6.07 Å². The van der Waals surface area contributed by atoms with Gasteiger partial charge in [-0.05, 0) is 12.5 Å². The van der Waals surface area contributed by atoms with Gasteiger partial charge >= 0.3 is 0 Å². The van der Waals surface area contributed by atoms with Gasteiger partial charge in [-0.1, -0.05) is 13.8 Å². The number of carbonyl (C=O) groups is 1. The van der Waals surface area contributed by atoms with Gasteiger partial charge in [0.15, 0.2) is 0 Å². The minimum Gasteiger partial charge on any atom is -0.396 e. The maximum absolute atomic E-state index is 10.9. The number of aliphatic hydroxyl groups is 1. The molecular formula is C14H19N3O4. The number of nitro groups is 1. The first-order chi connectivity index (χ1) is 9.89. The Morgan fingerprint density at radius 3 is 2.86 bits per heavy atom. The molecule has 1 amide bonds. The third-order valence-corrected chi connectivity index (χ3v) is 4.04. The Labute approximate surface area is 122 Å². The van der Waals surface area contributed by atoms with Crippen LogP contribution < -0.4 is 10.6 Å². The zero-order valence-corrected chi connectivity index (χ0v) is 12.0. The quantitative estimate of drug-likeness (QED) is 0.434. The van der Waals surface area contributed by atoms with Gasteiger partial charge in [0, 0.05) is 34.8 Å². The van der Waals surface area contributed by atoms with Gasteiger partial charge in [0.2, 0.25) is 6.41 Å². The molecule has 0 unspecified atom stereocenters. The molecule has 2 atom stereocenters. The lowest BCUT2D eigenvalue weighted by Gasteiger charge is -2.40. The van der Waals surface area contributed by atoms with Gasteiger partial charge in [0.25, 0.3) is 5.69 Å². The molecule has 7 heteroatoms. The van der Waals surface area contributed by atoms with Gasteiger partial charge in [-0.15, -0.1) is 0 Å². The first-order valence-corrected chi connectivity index (χ1v) is 6.74. The molecule has 0 aromatic heterocycles. The van der Waals surface area contributed by atoms with E-state index in [0.717, 1.165) is 5.69 Å². The fourth-order valence-corrected chi connectivity index (χ4v) is 2.56. The highest BCUT2D eigenvalue weighted by Crippen LogP contribution is 2.39. The van der Waals surface area contributed by atoms with Crippen LogP contribution >= 0.6 is 0 Å². The van der Waals surface area contributed by atoms with Gasteiger partial charge < -0.3 is 15.7 Å². The summed E-state index contributed by atoms with van der Waals surface area (Å²) in [6, 6.07) is 4.19. The summed E-state index contributed by atoms with van der Waals surface area (Å²) >= 11 is 0. The van der Waals surface area contributed by atoms with Crippen LogP contribution in [-0.2, 0) is 4.79 Å². The van der Waals surface area contributed by atoms with Crippen LogP contribution in [0.3, 0.4) is 0 Å². The Hall–Kier alpha value is -2.15. The molecule has 0 spiro atoms. The molecule has 1 heterocycles. The molecule has 0 bridgehead atoms. The summed E-state index contributed by atoms with van der Waals surface area (Å²) in [4.78, 5) is 21.2. The summed E-state index contributed by atoms with van der Waals surface area (Å²) in [5.41, 5.74) is 1.06. The minimum absolute atomic E-state index is 0.000784. The van der Waals surface area contributed by atoms with E-state index in [2.05, 4.69) is 10.6 Å². The Bertz CT molecular complexity index is 559. The summed E-state index contributed by atoms with van der Waals surface area (Å²) in [5.74, 6) is 0. The van der Waals surface area contributed by atoms with E-state index in [0.29, 0.717) is 18.4 Å². The van der Waals surface area contributed by atoms with Crippen LogP contribution in [0.1, 0.15) is 31.9 Å². The topological polar surface area (TPSA) is 104 Å². The predicted molar refractivity (Wildman–Crippen MR) is 77.9 cm³/mol. The Morgan fingerprint density at radius 1 is 1.57 bits per heavy atom. The molecular weight excluding hydrogens is 274 g/mol. The summed E-state index contributed by atoms with van der Waals surface area (Å²) < 4.78 is 0. The maximum atomic E-state index is 10.9. The fourth-order valence-electron chi connectivity index (χ4n) is 2.56.